The van der Waals surface area contributed by atoms with Crippen LogP contribution in [0.2, 0.25) is 0 Å². The minimum Gasteiger partial charge on any atom is -0.398 e. The maximum atomic E-state index is 5.91. The van der Waals surface area contributed by atoms with Crippen molar-refractivity contribution in [2.24, 2.45) is 0 Å². The molecule has 0 aliphatic carbocycles. The Morgan fingerprint density at radius 3 is 2.33 bits per heavy atom. The molecule has 0 fully saturated rings. The minimum absolute atomic E-state index is 0.809. The molecule has 1 heterocycles. The summed E-state index contributed by atoms with van der Waals surface area (Å²) in [5.74, 6) is 0. The van der Waals surface area contributed by atoms with Crippen LogP contribution in [0.15, 0.2) is 46.9 Å². The van der Waals surface area contributed by atoms with E-state index in [0.717, 1.165) is 29.8 Å². The van der Waals surface area contributed by atoms with Crippen LogP contribution < -0.4 is 5.73 Å². The second-order valence-electron chi connectivity index (χ2n) is 4.73. The van der Waals surface area contributed by atoms with Crippen molar-refractivity contribution in [1.29, 1.82) is 0 Å². The van der Waals surface area contributed by atoms with E-state index in [1.54, 1.807) is 0 Å². The van der Waals surface area contributed by atoms with E-state index in [1.807, 2.05) is 12.1 Å². The Morgan fingerprint density at radius 1 is 1.00 bits per heavy atom. The molecule has 18 heavy (non-hydrogen) atoms. The Morgan fingerprint density at radius 2 is 1.67 bits per heavy atom. The summed E-state index contributed by atoms with van der Waals surface area (Å²) in [4.78, 5) is 2.43. The van der Waals surface area contributed by atoms with Crippen molar-refractivity contribution in [3.05, 3.63) is 63.6 Å². The Hall–Kier alpha value is -1.32. The molecule has 0 aromatic heterocycles. The summed E-state index contributed by atoms with van der Waals surface area (Å²) < 4.78 is 1.03. The normalized spacial score (nSPS) is 14.7. The number of fused-ring (bicyclic) bond motifs is 1. The third-order valence-electron chi connectivity index (χ3n) is 3.41. The van der Waals surface area contributed by atoms with Gasteiger partial charge in [-0.3, -0.25) is 4.90 Å². The molecule has 2 aromatic rings. The molecule has 2 aromatic carbocycles. The van der Waals surface area contributed by atoms with E-state index in [-0.39, 0.29) is 0 Å². The second-order valence-corrected chi connectivity index (χ2v) is 5.53. The fraction of sp³-hybridized carbons (Fsp3) is 0.200. The van der Waals surface area contributed by atoms with Gasteiger partial charge in [0.25, 0.3) is 0 Å². The van der Waals surface area contributed by atoms with Gasteiger partial charge in [0.05, 0.1) is 0 Å². The van der Waals surface area contributed by atoms with Crippen molar-refractivity contribution in [2.75, 3.05) is 5.73 Å². The molecule has 0 bridgehead atoms. The number of halogens is 1. The lowest BCUT2D eigenvalue weighted by molar-refractivity contribution is 0.275. The molecule has 0 atom stereocenters. The molecule has 0 radical (unpaired) electrons. The van der Waals surface area contributed by atoms with Crippen molar-refractivity contribution in [2.45, 2.75) is 19.6 Å². The summed E-state index contributed by atoms with van der Waals surface area (Å²) in [5.41, 5.74) is 10.9. The zero-order chi connectivity index (χ0) is 12.5. The van der Waals surface area contributed by atoms with E-state index in [9.17, 15) is 0 Å². The summed E-state index contributed by atoms with van der Waals surface area (Å²) in [6.07, 6.45) is 0. The maximum Gasteiger partial charge on any atom is 0.0461 e. The molecule has 2 nitrogen and oxygen atoms in total. The summed E-state index contributed by atoms with van der Waals surface area (Å²) in [5, 5.41) is 0. The first-order valence-corrected chi connectivity index (χ1v) is 6.85. The maximum absolute atomic E-state index is 5.91. The number of hydrogen-bond acceptors (Lipinski definition) is 2. The van der Waals surface area contributed by atoms with Crippen LogP contribution in [0.3, 0.4) is 0 Å². The zero-order valence-electron chi connectivity index (χ0n) is 10.1. The van der Waals surface area contributed by atoms with Gasteiger partial charge in [0.2, 0.25) is 0 Å². The van der Waals surface area contributed by atoms with Crippen LogP contribution in [0.1, 0.15) is 16.7 Å². The average molecular weight is 303 g/mol. The van der Waals surface area contributed by atoms with Gasteiger partial charge in [-0.2, -0.15) is 0 Å². The second kappa shape index (κ2) is 4.75. The molecule has 1 aliphatic rings. The van der Waals surface area contributed by atoms with Gasteiger partial charge >= 0.3 is 0 Å². The molecule has 0 unspecified atom stereocenters. The Balaban J connectivity index is 1.78. The van der Waals surface area contributed by atoms with Crippen LogP contribution in [-0.2, 0) is 19.6 Å². The summed E-state index contributed by atoms with van der Waals surface area (Å²) in [6, 6.07) is 14.7. The molecule has 1 aliphatic heterocycles. The molecule has 0 spiro atoms. The number of nitrogen functional groups attached to an aromatic ring is 1. The SMILES string of the molecule is Nc1cccc(CN2Cc3ccccc3C2)c1Br. The van der Waals surface area contributed by atoms with Crippen molar-refractivity contribution >= 4 is 21.6 Å². The zero-order valence-corrected chi connectivity index (χ0v) is 11.7. The summed E-state index contributed by atoms with van der Waals surface area (Å²) in [7, 11) is 0. The molecule has 3 rings (SSSR count). The van der Waals surface area contributed by atoms with Crippen molar-refractivity contribution in [3.63, 3.8) is 0 Å². The Kier molecular flexibility index (Phi) is 3.10. The van der Waals surface area contributed by atoms with Gasteiger partial charge in [0.1, 0.15) is 0 Å². The van der Waals surface area contributed by atoms with E-state index >= 15 is 0 Å². The standard InChI is InChI=1S/C15H15BrN2/c16-15-13(6-3-7-14(15)17)10-18-8-11-4-1-2-5-12(11)9-18/h1-7H,8-10,17H2. The predicted molar refractivity (Wildman–Crippen MR) is 77.9 cm³/mol. The molecular formula is C15H15BrN2. The van der Waals surface area contributed by atoms with Gasteiger partial charge in [-0.15, -0.1) is 0 Å². The van der Waals surface area contributed by atoms with Crippen LogP contribution in [0.5, 0.6) is 0 Å². The fourth-order valence-electron chi connectivity index (χ4n) is 2.48. The van der Waals surface area contributed by atoms with Crippen molar-refractivity contribution in [3.8, 4) is 0 Å². The first kappa shape index (κ1) is 11.8. The number of hydrogen-bond donors (Lipinski definition) is 1. The third-order valence-corrected chi connectivity index (χ3v) is 4.38. The quantitative estimate of drug-likeness (QED) is 0.860. The van der Waals surface area contributed by atoms with Crippen molar-refractivity contribution in [1.82, 2.24) is 4.90 Å². The highest BCUT2D eigenvalue weighted by Gasteiger charge is 2.19. The number of anilines is 1. The largest absolute Gasteiger partial charge is 0.398 e. The van der Waals surface area contributed by atoms with Gasteiger partial charge in [0, 0.05) is 29.8 Å². The van der Waals surface area contributed by atoms with Gasteiger partial charge in [-0.05, 0) is 38.7 Å². The van der Waals surface area contributed by atoms with Crippen LogP contribution >= 0.6 is 15.9 Å². The molecule has 0 amide bonds. The number of nitrogens with zero attached hydrogens (tertiary/aromatic N) is 1. The van der Waals surface area contributed by atoms with E-state index in [1.165, 1.54) is 16.7 Å². The van der Waals surface area contributed by atoms with Gasteiger partial charge in [-0.25, -0.2) is 0 Å². The topological polar surface area (TPSA) is 29.3 Å². The number of nitrogens with two attached hydrogens (primary N) is 1. The molecule has 0 saturated carbocycles. The molecule has 2 N–H and O–H groups in total. The van der Waals surface area contributed by atoms with Crippen LogP contribution in [0.25, 0.3) is 0 Å². The molecular weight excluding hydrogens is 288 g/mol. The smallest absolute Gasteiger partial charge is 0.0461 e. The lowest BCUT2D eigenvalue weighted by Gasteiger charge is -2.16. The molecule has 92 valence electrons. The highest BCUT2D eigenvalue weighted by Crippen LogP contribution is 2.28. The lowest BCUT2D eigenvalue weighted by atomic mass is 10.1. The van der Waals surface area contributed by atoms with Crippen LogP contribution in [0.4, 0.5) is 5.69 Å². The fourth-order valence-corrected chi connectivity index (χ4v) is 2.87. The lowest BCUT2D eigenvalue weighted by Crippen LogP contribution is -2.16. The highest BCUT2D eigenvalue weighted by molar-refractivity contribution is 9.10. The minimum atomic E-state index is 0.809. The van der Waals surface area contributed by atoms with E-state index in [4.69, 9.17) is 5.73 Å². The van der Waals surface area contributed by atoms with Crippen molar-refractivity contribution < 1.29 is 0 Å². The van der Waals surface area contributed by atoms with Gasteiger partial charge < -0.3 is 5.73 Å². The third kappa shape index (κ3) is 2.16. The van der Waals surface area contributed by atoms with Crippen LogP contribution in [-0.4, -0.2) is 4.90 Å². The van der Waals surface area contributed by atoms with E-state index in [0.29, 0.717) is 0 Å². The molecule has 0 saturated heterocycles. The first-order chi connectivity index (χ1) is 8.74. The Labute approximate surface area is 116 Å². The predicted octanol–water partition coefficient (Wildman–Crippen LogP) is 3.55. The number of rotatable bonds is 2. The monoisotopic (exact) mass is 302 g/mol. The average Bonchev–Trinajstić information content (AvgIpc) is 2.77. The highest BCUT2D eigenvalue weighted by atomic mass is 79.9. The van der Waals surface area contributed by atoms with E-state index in [2.05, 4.69) is 51.2 Å². The van der Waals surface area contributed by atoms with Crippen LogP contribution in [0, 0.1) is 0 Å². The van der Waals surface area contributed by atoms with Gasteiger partial charge in [-0.1, -0.05) is 36.4 Å². The van der Waals surface area contributed by atoms with Gasteiger partial charge in [0.15, 0.2) is 0 Å². The Bertz CT molecular complexity index is 555. The summed E-state index contributed by atoms with van der Waals surface area (Å²) >= 11 is 3.57. The number of benzene rings is 2. The van der Waals surface area contributed by atoms with E-state index < -0.39 is 0 Å². The molecule has 3 heteroatoms. The first-order valence-electron chi connectivity index (χ1n) is 6.06. The summed E-state index contributed by atoms with van der Waals surface area (Å²) in [6.45, 7) is 2.98.